The van der Waals surface area contributed by atoms with Crippen LogP contribution < -0.4 is 20.7 Å². The van der Waals surface area contributed by atoms with Crippen LogP contribution >= 0.6 is 23.2 Å². The van der Waals surface area contributed by atoms with E-state index in [0.29, 0.717) is 36.8 Å². The third kappa shape index (κ3) is 4.45. The van der Waals surface area contributed by atoms with Gasteiger partial charge in [0.25, 0.3) is 5.91 Å². The number of halogens is 3. The molecule has 196 valence electrons. The summed E-state index contributed by atoms with van der Waals surface area (Å²) in [5, 5.41) is 7.39. The monoisotopic (exact) mass is 549 g/mol. The molecule has 0 aliphatic carbocycles. The average Bonchev–Trinajstić information content (AvgIpc) is 3.06. The van der Waals surface area contributed by atoms with Gasteiger partial charge >= 0.3 is 6.01 Å². The van der Waals surface area contributed by atoms with Crippen LogP contribution in [0.15, 0.2) is 6.07 Å². The normalized spacial score (nSPS) is 17.1. The maximum Gasteiger partial charge on any atom is 0.318 e. The minimum absolute atomic E-state index is 0.0613. The summed E-state index contributed by atoms with van der Waals surface area (Å²) in [6.45, 7) is 3.86. The number of aromatic nitrogens is 4. The van der Waals surface area contributed by atoms with Crippen molar-refractivity contribution in [2.75, 3.05) is 31.3 Å². The van der Waals surface area contributed by atoms with Crippen LogP contribution in [0.3, 0.4) is 0 Å². The molecule has 3 N–H and O–H groups in total. The Labute approximate surface area is 222 Å². The zero-order chi connectivity index (χ0) is 26.4. The minimum atomic E-state index is -0.739. The third-order valence-electron chi connectivity index (χ3n) is 6.78. The van der Waals surface area contributed by atoms with Gasteiger partial charge in [-0.1, -0.05) is 23.2 Å². The molecule has 1 amide bonds. The second-order valence-corrected chi connectivity index (χ2v) is 9.74. The fourth-order valence-corrected chi connectivity index (χ4v) is 5.33. The van der Waals surface area contributed by atoms with E-state index in [9.17, 15) is 9.18 Å². The van der Waals surface area contributed by atoms with Crippen molar-refractivity contribution in [1.82, 2.24) is 25.1 Å². The summed E-state index contributed by atoms with van der Waals surface area (Å²) >= 11 is 12.5. The first kappa shape index (κ1) is 25.5. The number of rotatable bonds is 4. The lowest BCUT2D eigenvalue weighted by atomic mass is 9.98. The van der Waals surface area contributed by atoms with Crippen molar-refractivity contribution in [2.45, 2.75) is 45.6 Å². The molecule has 37 heavy (non-hydrogen) atoms. The fraction of sp³-hybridized carbons (Fsp3) is 0.417. The van der Waals surface area contributed by atoms with Gasteiger partial charge in [-0.2, -0.15) is 15.1 Å². The maximum absolute atomic E-state index is 15.0. The molecule has 0 radical (unpaired) electrons. The number of nitrogen functional groups attached to an aromatic ring is 1. The number of aryl methyl sites for hydroxylation is 1. The van der Waals surface area contributed by atoms with E-state index in [1.807, 2.05) is 11.6 Å². The van der Waals surface area contributed by atoms with E-state index in [-0.39, 0.29) is 46.2 Å². The summed E-state index contributed by atoms with van der Waals surface area (Å²) in [4.78, 5) is 23.6. The lowest BCUT2D eigenvalue weighted by Gasteiger charge is -2.31. The van der Waals surface area contributed by atoms with Gasteiger partial charge in [-0.25, -0.2) is 4.39 Å². The van der Waals surface area contributed by atoms with E-state index in [0.717, 1.165) is 23.2 Å². The highest BCUT2D eigenvalue weighted by atomic mass is 35.5. The van der Waals surface area contributed by atoms with Crippen LogP contribution in [0.2, 0.25) is 10.0 Å². The van der Waals surface area contributed by atoms with Crippen LogP contribution in [0.1, 0.15) is 51.1 Å². The van der Waals surface area contributed by atoms with Gasteiger partial charge in [0.1, 0.15) is 5.82 Å². The zero-order valence-electron chi connectivity index (χ0n) is 20.6. The number of hydrogen-bond donors (Lipinski definition) is 2. The maximum atomic E-state index is 15.0. The summed E-state index contributed by atoms with van der Waals surface area (Å²) in [5.74, 6) is -0.224. The number of fused-ring (bicyclic) bond motifs is 2. The van der Waals surface area contributed by atoms with E-state index in [1.54, 1.807) is 7.05 Å². The lowest BCUT2D eigenvalue weighted by molar-refractivity contribution is 0.0237. The van der Waals surface area contributed by atoms with Gasteiger partial charge in [-0.05, 0) is 19.4 Å². The molecule has 2 aliphatic heterocycles. The zero-order valence-corrected chi connectivity index (χ0v) is 22.1. The highest BCUT2D eigenvalue weighted by Crippen LogP contribution is 2.42. The van der Waals surface area contributed by atoms with Gasteiger partial charge in [0, 0.05) is 43.2 Å². The second kappa shape index (κ2) is 9.96. The quantitative estimate of drug-likeness (QED) is 0.374. The van der Waals surface area contributed by atoms with Gasteiger partial charge in [0.2, 0.25) is 0 Å². The van der Waals surface area contributed by atoms with Crippen LogP contribution in [0, 0.1) is 12.7 Å². The molecule has 0 fully saturated rings. The van der Waals surface area contributed by atoms with Crippen molar-refractivity contribution in [3.05, 3.63) is 55.7 Å². The molecular weight excluding hydrogens is 524 g/mol. The second-order valence-electron chi connectivity index (χ2n) is 8.95. The van der Waals surface area contributed by atoms with Crippen LogP contribution in [0.4, 0.5) is 15.9 Å². The Bertz CT molecular complexity index is 1370. The Morgan fingerprint density at radius 3 is 2.84 bits per heavy atom. The van der Waals surface area contributed by atoms with Crippen LogP contribution in [0.25, 0.3) is 0 Å². The third-order valence-corrected chi connectivity index (χ3v) is 7.58. The largest absolute Gasteiger partial charge is 0.467 e. The molecule has 1 aromatic carbocycles. The molecule has 4 heterocycles. The molecule has 0 saturated carbocycles. The highest BCUT2D eigenvalue weighted by Gasteiger charge is 2.33. The Morgan fingerprint density at radius 1 is 1.32 bits per heavy atom. The predicted molar refractivity (Wildman–Crippen MR) is 137 cm³/mol. The Balaban J connectivity index is 1.52. The molecular formula is C24H26Cl2FN7O3. The summed E-state index contributed by atoms with van der Waals surface area (Å²) < 4.78 is 28.4. The molecule has 13 heteroatoms. The molecule has 2 aliphatic rings. The number of carbonyl (C=O) groups is 1. The van der Waals surface area contributed by atoms with Crippen molar-refractivity contribution < 1.29 is 18.7 Å². The Hall–Kier alpha value is -3.15. The summed E-state index contributed by atoms with van der Waals surface area (Å²) in [5.41, 5.74) is 9.40. The van der Waals surface area contributed by atoms with Gasteiger partial charge in [0.15, 0.2) is 11.5 Å². The van der Waals surface area contributed by atoms with Crippen LogP contribution in [-0.4, -0.2) is 46.4 Å². The van der Waals surface area contributed by atoms with E-state index >= 15 is 0 Å². The Kier molecular flexibility index (Phi) is 6.86. The van der Waals surface area contributed by atoms with Gasteiger partial charge < -0.3 is 25.4 Å². The molecule has 3 aromatic rings. The molecule has 1 unspecified atom stereocenters. The molecule has 0 saturated heterocycles. The predicted octanol–water partition coefficient (Wildman–Crippen LogP) is 3.60. The summed E-state index contributed by atoms with van der Waals surface area (Å²) in [7, 11) is 3.08. The van der Waals surface area contributed by atoms with Crippen LogP contribution in [0.5, 0.6) is 6.01 Å². The average molecular weight is 550 g/mol. The molecule has 0 bridgehead atoms. The van der Waals surface area contributed by atoms with E-state index in [1.165, 1.54) is 13.2 Å². The summed E-state index contributed by atoms with van der Waals surface area (Å²) in [6.07, 6.45) is 0.272. The Morgan fingerprint density at radius 2 is 2.11 bits per heavy atom. The SMILES string of the molecule is CNC(=O)c1nn2c(c1C)CN(c1nc(OC)nc3c1COC(c1c(F)c(N)cc(Cl)c1Cl)C3)CCC2. The molecule has 0 spiro atoms. The number of ether oxygens (including phenoxy) is 2. The molecule has 2 aromatic heterocycles. The lowest BCUT2D eigenvalue weighted by Crippen LogP contribution is -2.29. The van der Waals surface area contributed by atoms with Gasteiger partial charge in [-0.15, -0.1) is 0 Å². The fourth-order valence-electron chi connectivity index (χ4n) is 4.85. The smallest absolute Gasteiger partial charge is 0.318 e. The molecule has 10 nitrogen and oxygen atoms in total. The van der Waals surface area contributed by atoms with Crippen molar-refractivity contribution in [2.24, 2.45) is 0 Å². The number of nitrogens with zero attached hydrogens (tertiary/aromatic N) is 5. The number of methoxy groups -OCH3 is 1. The number of benzene rings is 1. The number of anilines is 2. The van der Waals surface area contributed by atoms with E-state index in [2.05, 4.69) is 25.3 Å². The van der Waals surface area contributed by atoms with Crippen molar-refractivity contribution in [1.29, 1.82) is 0 Å². The minimum Gasteiger partial charge on any atom is -0.467 e. The molecule has 1 atom stereocenters. The molecule has 5 rings (SSSR count). The van der Waals surface area contributed by atoms with Gasteiger partial charge in [-0.3, -0.25) is 9.48 Å². The standard InChI is InChI=1S/C24H26Cl2FN7O3/c1-11-16-9-33(5-4-6-34(16)32-21(11)23(35)29-2)22-12-10-37-17(8-15(12)30-24(31-22)36-3)18-19(26)13(25)7-14(28)20(18)27/h7,17H,4-6,8-10,28H2,1-3H3,(H,29,35). The van der Waals surface area contributed by atoms with Crippen molar-refractivity contribution >= 4 is 40.6 Å². The summed E-state index contributed by atoms with van der Waals surface area (Å²) in [6, 6.07) is 1.47. The number of nitrogens with one attached hydrogen (secondary N) is 1. The number of carbonyl (C=O) groups excluding carboxylic acids is 1. The first-order valence-electron chi connectivity index (χ1n) is 11.7. The number of nitrogens with two attached hydrogens (primary N) is 1. The van der Waals surface area contributed by atoms with E-state index < -0.39 is 11.9 Å². The topological polar surface area (TPSA) is 120 Å². The van der Waals surface area contributed by atoms with Crippen molar-refractivity contribution in [3.63, 3.8) is 0 Å². The number of hydrogen-bond acceptors (Lipinski definition) is 8. The van der Waals surface area contributed by atoms with Gasteiger partial charge in [0.05, 0.1) is 53.5 Å². The number of amides is 1. The van der Waals surface area contributed by atoms with E-state index in [4.69, 9.17) is 38.4 Å². The first-order valence-corrected chi connectivity index (χ1v) is 12.5. The van der Waals surface area contributed by atoms with Crippen molar-refractivity contribution in [3.8, 4) is 6.01 Å². The van der Waals surface area contributed by atoms with Crippen LogP contribution in [-0.2, 0) is 30.9 Å². The first-order chi connectivity index (χ1) is 17.7. The highest BCUT2D eigenvalue weighted by molar-refractivity contribution is 6.42.